The van der Waals surface area contributed by atoms with E-state index >= 15 is 0 Å². The molecule has 0 spiro atoms. The Morgan fingerprint density at radius 3 is 2.90 bits per heavy atom. The van der Waals surface area contributed by atoms with E-state index in [-0.39, 0.29) is 5.92 Å². The number of rotatable bonds is 4. The van der Waals surface area contributed by atoms with Crippen LogP contribution in [0.3, 0.4) is 0 Å². The van der Waals surface area contributed by atoms with Crippen LogP contribution in [0.5, 0.6) is 0 Å². The minimum absolute atomic E-state index is 0.281. The fraction of sp³-hybridized carbons (Fsp3) is 0.667. The Hall–Kier alpha value is -1.30. The Bertz CT molecular complexity index is 504. The van der Waals surface area contributed by atoms with Crippen LogP contribution in [0, 0.1) is 5.92 Å². The maximum Gasteiger partial charge on any atom is 0.225 e. The molecule has 2 heterocycles. The molecule has 1 aromatic rings. The highest BCUT2D eigenvalue weighted by Gasteiger charge is 2.32. The molecule has 1 atom stereocenters. The lowest BCUT2D eigenvalue weighted by Gasteiger charge is -2.20. The number of anilines is 1. The van der Waals surface area contributed by atoms with Crippen LogP contribution in [0.4, 0.5) is 5.82 Å². The van der Waals surface area contributed by atoms with E-state index in [1.165, 1.54) is 12.8 Å². The van der Waals surface area contributed by atoms with Crippen LogP contribution >= 0.6 is 11.8 Å². The summed E-state index contributed by atoms with van der Waals surface area (Å²) in [4.78, 5) is 23.1. The van der Waals surface area contributed by atoms with E-state index in [0.29, 0.717) is 11.9 Å². The van der Waals surface area contributed by atoms with Crippen molar-refractivity contribution in [2.75, 3.05) is 24.7 Å². The maximum absolute atomic E-state index is 12.4. The van der Waals surface area contributed by atoms with Gasteiger partial charge < -0.3 is 10.2 Å². The number of thioether (sulfide) groups is 1. The van der Waals surface area contributed by atoms with Crippen molar-refractivity contribution in [3.63, 3.8) is 0 Å². The summed E-state index contributed by atoms with van der Waals surface area (Å²) in [6.45, 7) is 1.66. The molecule has 2 fully saturated rings. The first-order valence-electron chi connectivity index (χ1n) is 7.67. The molecule has 1 aromatic heterocycles. The molecule has 1 aliphatic heterocycles. The van der Waals surface area contributed by atoms with Gasteiger partial charge in [-0.15, -0.1) is 11.8 Å². The summed E-state index contributed by atoms with van der Waals surface area (Å²) in [7, 11) is 0. The number of hydrogen-bond donors (Lipinski definition) is 1. The molecule has 3 rings (SSSR count). The Kier molecular flexibility index (Phi) is 4.63. The first-order valence-corrected chi connectivity index (χ1v) is 8.90. The topological polar surface area (TPSA) is 58.1 Å². The number of carbonyl (C=O) groups is 1. The van der Waals surface area contributed by atoms with Crippen molar-refractivity contribution < 1.29 is 4.79 Å². The number of hydrogen-bond acceptors (Lipinski definition) is 5. The van der Waals surface area contributed by atoms with Crippen LogP contribution < -0.4 is 5.32 Å². The second-order valence-corrected chi connectivity index (χ2v) is 6.67. The van der Waals surface area contributed by atoms with Crippen molar-refractivity contribution in [3.8, 4) is 0 Å². The predicted octanol–water partition coefficient (Wildman–Crippen LogP) is 2.40. The zero-order chi connectivity index (χ0) is 14.7. The molecule has 0 radical (unpaired) electrons. The smallest absolute Gasteiger partial charge is 0.225 e. The van der Waals surface area contributed by atoms with Crippen LogP contribution in [-0.2, 0) is 4.79 Å². The van der Waals surface area contributed by atoms with Crippen molar-refractivity contribution in [1.82, 2.24) is 14.9 Å². The van der Waals surface area contributed by atoms with E-state index in [2.05, 4.69) is 15.3 Å². The van der Waals surface area contributed by atoms with E-state index in [0.717, 1.165) is 43.2 Å². The van der Waals surface area contributed by atoms with E-state index in [4.69, 9.17) is 0 Å². The van der Waals surface area contributed by atoms with E-state index in [1.807, 2.05) is 11.2 Å². The molecule has 0 aromatic carbocycles. The molecule has 5 nitrogen and oxygen atoms in total. The SMILES string of the molecule is CSc1cncc(N[C@@H]2CCN(C(=O)C3CCCC3)C2)n1. The lowest BCUT2D eigenvalue weighted by molar-refractivity contribution is -0.134. The predicted molar refractivity (Wildman–Crippen MR) is 84.4 cm³/mol. The van der Waals surface area contributed by atoms with Gasteiger partial charge in [0.05, 0.1) is 12.4 Å². The normalized spacial score (nSPS) is 22.7. The Labute approximate surface area is 129 Å². The summed E-state index contributed by atoms with van der Waals surface area (Å²) in [5.74, 6) is 1.45. The third-order valence-electron chi connectivity index (χ3n) is 4.38. The summed E-state index contributed by atoms with van der Waals surface area (Å²) in [6, 6.07) is 0.293. The lowest BCUT2D eigenvalue weighted by Crippen LogP contribution is -2.35. The van der Waals surface area contributed by atoms with E-state index in [9.17, 15) is 4.79 Å². The van der Waals surface area contributed by atoms with Crippen molar-refractivity contribution in [1.29, 1.82) is 0 Å². The van der Waals surface area contributed by atoms with Gasteiger partial charge in [0.15, 0.2) is 0 Å². The van der Waals surface area contributed by atoms with Crippen LogP contribution in [0.15, 0.2) is 17.4 Å². The van der Waals surface area contributed by atoms with Crippen molar-refractivity contribution in [3.05, 3.63) is 12.4 Å². The minimum Gasteiger partial charge on any atom is -0.364 e. The number of likely N-dealkylation sites (tertiary alicyclic amines) is 1. The van der Waals surface area contributed by atoms with Gasteiger partial charge in [-0.05, 0) is 25.5 Å². The first-order chi connectivity index (χ1) is 10.3. The quantitative estimate of drug-likeness (QED) is 0.866. The van der Waals surface area contributed by atoms with Crippen LogP contribution in [-0.4, -0.2) is 46.2 Å². The molecular formula is C15H22N4OS. The standard InChI is InChI=1S/C15H22N4OS/c1-21-14-9-16-8-13(18-14)17-12-6-7-19(10-12)15(20)11-4-2-3-5-11/h8-9,11-12H,2-7,10H2,1H3,(H,17,18)/t12-/m1/s1. The van der Waals surface area contributed by atoms with Crippen LogP contribution in [0.25, 0.3) is 0 Å². The first kappa shape index (κ1) is 14.6. The third-order valence-corrected chi connectivity index (χ3v) is 4.99. The fourth-order valence-electron chi connectivity index (χ4n) is 3.23. The minimum atomic E-state index is 0.281. The zero-order valence-electron chi connectivity index (χ0n) is 12.4. The van der Waals surface area contributed by atoms with Crippen LogP contribution in [0.1, 0.15) is 32.1 Å². The number of nitrogens with one attached hydrogen (secondary N) is 1. The molecule has 1 saturated carbocycles. The average Bonchev–Trinajstić information content (AvgIpc) is 3.18. The van der Waals surface area contributed by atoms with Crippen molar-refractivity contribution in [2.24, 2.45) is 5.92 Å². The molecule has 21 heavy (non-hydrogen) atoms. The summed E-state index contributed by atoms with van der Waals surface area (Å²) in [6.07, 6.45) is 11.1. The van der Waals surface area contributed by atoms with Gasteiger partial charge in [0.25, 0.3) is 0 Å². The molecule has 2 aliphatic rings. The lowest BCUT2D eigenvalue weighted by atomic mass is 10.1. The molecule has 6 heteroatoms. The summed E-state index contributed by atoms with van der Waals surface area (Å²) in [5, 5.41) is 4.32. The van der Waals surface area contributed by atoms with Gasteiger partial charge >= 0.3 is 0 Å². The molecule has 114 valence electrons. The Morgan fingerprint density at radius 2 is 2.14 bits per heavy atom. The monoisotopic (exact) mass is 306 g/mol. The Morgan fingerprint density at radius 1 is 1.33 bits per heavy atom. The summed E-state index contributed by atoms with van der Waals surface area (Å²) >= 11 is 1.58. The summed E-state index contributed by atoms with van der Waals surface area (Å²) in [5.41, 5.74) is 0. The second-order valence-electron chi connectivity index (χ2n) is 5.84. The second kappa shape index (κ2) is 6.64. The van der Waals surface area contributed by atoms with Crippen molar-refractivity contribution in [2.45, 2.75) is 43.2 Å². The molecule has 1 amide bonds. The zero-order valence-corrected chi connectivity index (χ0v) is 13.2. The largest absolute Gasteiger partial charge is 0.364 e. The van der Waals surface area contributed by atoms with Gasteiger partial charge in [0.2, 0.25) is 5.91 Å². The Balaban J connectivity index is 1.55. The highest BCUT2D eigenvalue weighted by molar-refractivity contribution is 7.98. The van der Waals surface area contributed by atoms with E-state index in [1.54, 1.807) is 24.2 Å². The average molecular weight is 306 g/mol. The molecule has 1 N–H and O–H groups in total. The van der Waals surface area contributed by atoms with Gasteiger partial charge in [0.1, 0.15) is 10.8 Å². The number of amides is 1. The third kappa shape index (κ3) is 3.48. The molecule has 0 unspecified atom stereocenters. The van der Waals surface area contributed by atoms with Crippen molar-refractivity contribution >= 4 is 23.5 Å². The molecular weight excluding hydrogens is 284 g/mol. The summed E-state index contributed by atoms with van der Waals surface area (Å²) < 4.78 is 0. The van der Waals surface area contributed by atoms with Gasteiger partial charge in [-0.3, -0.25) is 9.78 Å². The van der Waals surface area contributed by atoms with Gasteiger partial charge in [-0.1, -0.05) is 12.8 Å². The number of nitrogens with zero attached hydrogens (tertiary/aromatic N) is 3. The highest BCUT2D eigenvalue weighted by atomic mass is 32.2. The molecule has 1 aliphatic carbocycles. The van der Waals surface area contributed by atoms with Gasteiger partial charge in [-0.2, -0.15) is 0 Å². The molecule has 0 bridgehead atoms. The highest BCUT2D eigenvalue weighted by Crippen LogP contribution is 2.28. The number of aromatic nitrogens is 2. The number of carbonyl (C=O) groups excluding carboxylic acids is 1. The van der Waals surface area contributed by atoms with Crippen LogP contribution in [0.2, 0.25) is 0 Å². The van der Waals surface area contributed by atoms with Gasteiger partial charge in [0, 0.05) is 25.0 Å². The maximum atomic E-state index is 12.4. The van der Waals surface area contributed by atoms with Gasteiger partial charge in [-0.25, -0.2) is 4.98 Å². The molecule has 1 saturated heterocycles. The van der Waals surface area contributed by atoms with E-state index < -0.39 is 0 Å². The fourth-order valence-corrected chi connectivity index (χ4v) is 3.59.